The second-order valence-electron chi connectivity index (χ2n) is 10.1. The zero-order chi connectivity index (χ0) is 22.0. The van der Waals surface area contributed by atoms with Gasteiger partial charge in [0.1, 0.15) is 11.3 Å². The molecule has 0 spiro atoms. The summed E-state index contributed by atoms with van der Waals surface area (Å²) in [5.74, 6) is 1.36. The average Bonchev–Trinajstić information content (AvgIpc) is 2.91. The SMILES string of the molecule is CC(C)(C)[Si](C)(C)O[C@@H]1C[C@H]2C[C@@H]1CN(c1nc(Cl)nc3c(F)c(Br)c(I)cc13)C2. The number of rotatable bonds is 3. The highest BCUT2D eigenvalue weighted by atomic mass is 127. The predicted molar refractivity (Wildman–Crippen MR) is 135 cm³/mol. The zero-order valence-electron chi connectivity index (χ0n) is 17.9. The lowest BCUT2D eigenvalue weighted by Gasteiger charge is -2.40. The zero-order valence-corrected chi connectivity index (χ0v) is 23.4. The molecule has 0 amide bonds. The minimum atomic E-state index is -1.83. The molecule has 4 rings (SSSR count). The van der Waals surface area contributed by atoms with Crippen LogP contribution in [0.1, 0.15) is 33.6 Å². The van der Waals surface area contributed by atoms with Crippen molar-refractivity contribution in [2.24, 2.45) is 11.8 Å². The Hall–Kier alpha value is -0.0331. The Balaban J connectivity index is 1.66. The van der Waals surface area contributed by atoms with Gasteiger partial charge in [-0.3, -0.25) is 0 Å². The van der Waals surface area contributed by atoms with Crippen LogP contribution in [0.25, 0.3) is 10.9 Å². The van der Waals surface area contributed by atoms with Crippen LogP contribution in [-0.2, 0) is 4.43 Å². The lowest BCUT2D eigenvalue weighted by atomic mass is 9.98. The molecule has 1 aliphatic carbocycles. The molecule has 2 bridgehead atoms. The number of hydrogen-bond acceptors (Lipinski definition) is 4. The van der Waals surface area contributed by atoms with Gasteiger partial charge in [-0.1, -0.05) is 20.8 Å². The van der Waals surface area contributed by atoms with Gasteiger partial charge in [-0.25, -0.2) is 9.37 Å². The maximum Gasteiger partial charge on any atom is 0.225 e. The molecule has 0 unspecified atom stereocenters. The minimum absolute atomic E-state index is 0.0801. The molecule has 1 aromatic carbocycles. The number of benzene rings is 1. The van der Waals surface area contributed by atoms with E-state index in [0.717, 1.165) is 28.9 Å². The van der Waals surface area contributed by atoms with Crippen LogP contribution in [0.15, 0.2) is 10.5 Å². The number of piperidine rings is 1. The Kier molecular flexibility index (Phi) is 6.23. The lowest BCUT2D eigenvalue weighted by molar-refractivity contribution is 0.145. The summed E-state index contributed by atoms with van der Waals surface area (Å²) in [7, 11) is -1.83. The van der Waals surface area contributed by atoms with E-state index in [4.69, 9.17) is 16.0 Å². The third-order valence-electron chi connectivity index (χ3n) is 6.99. The summed E-state index contributed by atoms with van der Waals surface area (Å²) in [5, 5.41) is 0.991. The second-order valence-corrected chi connectivity index (χ2v) is 17.2. The van der Waals surface area contributed by atoms with Gasteiger partial charge >= 0.3 is 0 Å². The van der Waals surface area contributed by atoms with Gasteiger partial charge in [-0.15, -0.1) is 0 Å². The molecule has 2 fully saturated rings. The van der Waals surface area contributed by atoms with Gasteiger partial charge in [0.15, 0.2) is 14.1 Å². The van der Waals surface area contributed by atoms with Crippen molar-refractivity contribution >= 4 is 75.2 Å². The summed E-state index contributed by atoms with van der Waals surface area (Å²) in [5.41, 5.74) is 0.268. The van der Waals surface area contributed by atoms with E-state index in [1.165, 1.54) is 6.42 Å². The van der Waals surface area contributed by atoms with Crippen LogP contribution in [0.3, 0.4) is 0 Å². The Labute approximate surface area is 205 Å². The van der Waals surface area contributed by atoms with Crippen LogP contribution >= 0.6 is 50.1 Å². The summed E-state index contributed by atoms with van der Waals surface area (Å²) >= 11 is 11.7. The average molecular weight is 627 g/mol. The van der Waals surface area contributed by atoms with Gasteiger partial charge in [-0.05, 0) is 93.1 Å². The van der Waals surface area contributed by atoms with Crippen molar-refractivity contribution in [2.75, 3.05) is 18.0 Å². The van der Waals surface area contributed by atoms with Crippen molar-refractivity contribution in [2.45, 2.75) is 57.8 Å². The summed E-state index contributed by atoms with van der Waals surface area (Å²) in [6, 6.07) is 1.94. The van der Waals surface area contributed by atoms with Crippen molar-refractivity contribution in [3.63, 3.8) is 0 Å². The number of halogens is 4. The minimum Gasteiger partial charge on any atom is -0.414 e. The highest BCUT2D eigenvalue weighted by Gasteiger charge is 2.46. The number of hydrogen-bond donors (Lipinski definition) is 0. The van der Waals surface area contributed by atoms with Crippen molar-refractivity contribution in [3.8, 4) is 0 Å². The normalized spacial score (nSPS) is 24.7. The maximum absolute atomic E-state index is 14.9. The van der Waals surface area contributed by atoms with Gasteiger partial charge in [0.05, 0.1) is 4.47 Å². The molecule has 4 nitrogen and oxygen atoms in total. The van der Waals surface area contributed by atoms with Crippen molar-refractivity contribution < 1.29 is 8.82 Å². The molecule has 1 saturated heterocycles. The Bertz CT molecular complexity index is 1000. The van der Waals surface area contributed by atoms with Crippen LogP contribution in [-0.4, -0.2) is 37.5 Å². The molecule has 1 saturated carbocycles. The lowest BCUT2D eigenvalue weighted by Crippen LogP contribution is -2.46. The molecule has 2 aliphatic rings. The Morgan fingerprint density at radius 3 is 2.63 bits per heavy atom. The quantitative estimate of drug-likeness (QED) is 0.159. The van der Waals surface area contributed by atoms with Gasteiger partial charge < -0.3 is 9.33 Å². The van der Waals surface area contributed by atoms with Crippen LogP contribution in [0.5, 0.6) is 0 Å². The molecule has 1 aliphatic heterocycles. The molecule has 0 radical (unpaired) electrons. The smallest absolute Gasteiger partial charge is 0.225 e. The van der Waals surface area contributed by atoms with Crippen molar-refractivity contribution in [1.82, 2.24) is 9.97 Å². The molecule has 164 valence electrons. The monoisotopic (exact) mass is 625 g/mol. The topological polar surface area (TPSA) is 38.2 Å². The number of fused-ring (bicyclic) bond motifs is 3. The molecule has 2 aromatic rings. The fraction of sp³-hybridized carbons (Fsp3) is 0.619. The highest BCUT2D eigenvalue weighted by molar-refractivity contribution is 14.1. The first-order chi connectivity index (χ1) is 13.9. The standard InChI is InChI=1S/C21H27BrClFIN3OSi/c1-21(2,3)30(4,5)29-15-7-11-6-12(15)10-28(9-11)19-13-8-14(25)16(22)17(24)18(13)26-20(23)27-19/h8,11-12,15H,6-7,9-10H2,1-5H3/t11-,12-,15-/m1/s1. The summed E-state index contributed by atoms with van der Waals surface area (Å²) in [4.78, 5) is 11.0. The number of anilines is 1. The fourth-order valence-corrected chi connectivity index (χ4v) is 6.87. The molecule has 30 heavy (non-hydrogen) atoms. The molecular weight excluding hydrogens is 600 g/mol. The van der Waals surface area contributed by atoms with Crippen LogP contribution in [0.2, 0.25) is 23.4 Å². The van der Waals surface area contributed by atoms with E-state index >= 15 is 0 Å². The molecule has 1 aromatic heterocycles. The first-order valence-electron chi connectivity index (χ1n) is 10.3. The van der Waals surface area contributed by atoms with E-state index in [9.17, 15) is 4.39 Å². The maximum atomic E-state index is 14.9. The van der Waals surface area contributed by atoms with E-state index in [1.54, 1.807) is 0 Å². The third kappa shape index (κ3) is 4.15. The Morgan fingerprint density at radius 1 is 1.27 bits per heavy atom. The van der Waals surface area contributed by atoms with Crippen LogP contribution in [0, 0.1) is 21.2 Å². The number of nitrogens with zero attached hydrogens (tertiary/aromatic N) is 3. The Morgan fingerprint density at radius 2 is 1.97 bits per heavy atom. The van der Waals surface area contributed by atoms with Gasteiger partial charge in [0.25, 0.3) is 0 Å². The fourth-order valence-electron chi connectivity index (χ4n) is 4.45. The number of aromatic nitrogens is 2. The van der Waals surface area contributed by atoms with Crippen molar-refractivity contribution in [3.05, 3.63) is 25.2 Å². The van der Waals surface area contributed by atoms with Crippen molar-refractivity contribution in [1.29, 1.82) is 0 Å². The first kappa shape index (κ1) is 23.1. The van der Waals surface area contributed by atoms with E-state index in [0.29, 0.717) is 21.7 Å². The molecule has 0 N–H and O–H groups in total. The summed E-state index contributed by atoms with van der Waals surface area (Å²) in [6.45, 7) is 13.3. The second kappa shape index (κ2) is 8.08. The van der Waals surface area contributed by atoms with E-state index in [1.807, 2.05) is 6.07 Å². The third-order valence-corrected chi connectivity index (χ3v) is 14.0. The predicted octanol–water partition coefficient (Wildman–Crippen LogP) is 7.03. The van der Waals surface area contributed by atoms with Gasteiger partial charge in [0, 0.05) is 34.1 Å². The molecule has 2 heterocycles. The van der Waals surface area contributed by atoms with Crippen LogP contribution in [0.4, 0.5) is 10.2 Å². The van der Waals surface area contributed by atoms with Gasteiger partial charge in [-0.2, -0.15) is 4.98 Å². The van der Waals surface area contributed by atoms with E-state index in [-0.39, 0.29) is 27.8 Å². The van der Waals surface area contributed by atoms with E-state index < -0.39 is 8.32 Å². The molecule has 9 heteroatoms. The summed E-state index contributed by atoms with van der Waals surface area (Å²) < 4.78 is 22.9. The van der Waals surface area contributed by atoms with E-state index in [2.05, 4.69) is 87.3 Å². The first-order valence-corrected chi connectivity index (χ1v) is 15.5. The highest BCUT2D eigenvalue weighted by Crippen LogP contribution is 2.45. The molecule has 3 atom stereocenters. The summed E-state index contributed by atoms with van der Waals surface area (Å²) in [6.07, 6.45) is 2.56. The largest absolute Gasteiger partial charge is 0.414 e. The molecular formula is C21H27BrClFIN3OSi. The van der Waals surface area contributed by atoms with Crippen LogP contribution < -0.4 is 4.90 Å². The van der Waals surface area contributed by atoms with Gasteiger partial charge in [0.2, 0.25) is 5.28 Å².